The van der Waals surface area contributed by atoms with E-state index in [9.17, 15) is 14.7 Å². The predicted octanol–water partition coefficient (Wildman–Crippen LogP) is 4.14. The number of carbonyl (C=O) groups is 2. The second-order valence-electron chi connectivity index (χ2n) is 5.27. The van der Waals surface area contributed by atoms with Gasteiger partial charge in [0, 0.05) is 21.2 Å². The Balaban J connectivity index is 2.11. The van der Waals surface area contributed by atoms with Gasteiger partial charge in [0.05, 0.1) is 12.7 Å². The van der Waals surface area contributed by atoms with Gasteiger partial charge in [-0.05, 0) is 36.4 Å². The van der Waals surface area contributed by atoms with Crippen LogP contribution in [-0.2, 0) is 14.3 Å². The molecule has 1 aliphatic rings. The fourth-order valence-electron chi connectivity index (χ4n) is 2.52. The van der Waals surface area contributed by atoms with Crippen molar-refractivity contribution in [1.82, 2.24) is 0 Å². The monoisotopic (exact) mass is 378 g/mol. The molecule has 128 valence electrons. The van der Waals surface area contributed by atoms with Gasteiger partial charge in [0.25, 0.3) is 5.78 Å². The first-order valence-electron chi connectivity index (χ1n) is 7.20. The lowest BCUT2D eigenvalue weighted by molar-refractivity contribution is -0.149. The lowest BCUT2D eigenvalue weighted by Gasteiger charge is -2.14. The van der Waals surface area contributed by atoms with Crippen LogP contribution >= 0.6 is 23.2 Å². The number of cyclic esters (lactones) is 1. The number of carbonyl (C=O) groups excluding carboxylic acids is 2. The molecule has 1 heterocycles. The predicted molar refractivity (Wildman–Crippen MR) is 92.8 cm³/mol. The number of aliphatic hydroxyl groups excluding tert-OH is 1. The average Bonchev–Trinajstić information content (AvgIpc) is 2.89. The van der Waals surface area contributed by atoms with E-state index in [-0.39, 0.29) is 16.4 Å². The van der Waals surface area contributed by atoms with Crippen LogP contribution in [0.5, 0.6) is 5.75 Å². The van der Waals surface area contributed by atoms with Crippen molar-refractivity contribution in [1.29, 1.82) is 0 Å². The van der Waals surface area contributed by atoms with Crippen LogP contribution in [0, 0.1) is 0 Å². The molecule has 1 unspecified atom stereocenters. The quantitative estimate of drug-likeness (QED) is 0.376. The summed E-state index contributed by atoms with van der Waals surface area (Å²) in [5, 5.41) is 11.2. The zero-order valence-corrected chi connectivity index (χ0v) is 14.5. The third-order valence-corrected chi connectivity index (χ3v) is 4.34. The van der Waals surface area contributed by atoms with Crippen LogP contribution in [0.1, 0.15) is 17.2 Å². The summed E-state index contributed by atoms with van der Waals surface area (Å²) >= 11 is 12.0. The third kappa shape index (κ3) is 3.21. The van der Waals surface area contributed by atoms with Gasteiger partial charge in [-0.15, -0.1) is 0 Å². The highest BCUT2D eigenvalue weighted by atomic mass is 35.5. The molecule has 1 saturated heterocycles. The molecule has 25 heavy (non-hydrogen) atoms. The van der Waals surface area contributed by atoms with Gasteiger partial charge in [-0.1, -0.05) is 29.3 Å². The number of methoxy groups -OCH3 is 1. The molecule has 1 N–H and O–H groups in total. The van der Waals surface area contributed by atoms with E-state index < -0.39 is 17.9 Å². The maximum Gasteiger partial charge on any atom is 0.380 e. The molecule has 0 bridgehead atoms. The number of ether oxygens (including phenoxy) is 2. The molecule has 0 saturated carbocycles. The van der Waals surface area contributed by atoms with Gasteiger partial charge in [0.15, 0.2) is 6.10 Å². The number of rotatable bonds is 3. The molecular formula is C18H12Cl2O5. The van der Waals surface area contributed by atoms with Gasteiger partial charge in [0.1, 0.15) is 11.5 Å². The summed E-state index contributed by atoms with van der Waals surface area (Å²) in [6, 6.07) is 11.0. The summed E-state index contributed by atoms with van der Waals surface area (Å²) in [6.45, 7) is 0. The van der Waals surface area contributed by atoms with Gasteiger partial charge >= 0.3 is 5.97 Å². The summed E-state index contributed by atoms with van der Waals surface area (Å²) in [7, 11) is 1.51. The zero-order chi connectivity index (χ0) is 18.1. The smallest absolute Gasteiger partial charge is 0.380 e. The lowest BCUT2D eigenvalue weighted by Crippen LogP contribution is -2.08. The summed E-state index contributed by atoms with van der Waals surface area (Å²) in [6.07, 6.45) is -1.10. The number of Topliss-reactive ketones (excluding diaryl/α,β-unsaturated/α-hetero) is 1. The van der Waals surface area contributed by atoms with E-state index in [4.69, 9.17) is 32.7 Å². The first-order chi connectivity index (χ1) is 11.9. The Morgan fingerprint density at radius 2 is 1.80 bits per heavy atom. The number of hydrogen-bond donors (Lipinski definition) is 1. The van der Waals surface area contributed by atoms with Crippen LogP contribution in [0.25, 0.3) is 5.76 Å². The summed E-state index contributed by atoms with van der Waals surface area (Å²) in [4.78, 5) is 24.0. The molecule has 0 radical (unpaired) electrons. The van der Waals surface area contributed by atoms with Crippen molar-refractivity contribution in [2.24, 2.45) is 0 Å². The van der Waals surface area contributed by atoms with Crippen molar-refractivity contribution in [3.8, 4) is 5.75 Å². The van der Waals surface area contributed by atoms with Crippen molar-refractivity contribution in [2.45, 2.75) is 6.10 Å². The number of benzene rings is 2. The Labute approximate surface area is 153 Å². The molecule has 3 rings (SSSR count). The zero-order valence-electron chi connectivity index (χ0n) is 13.0. The van der Waals surface area contributed by atoms with Crippen molar-refractivity contribution in [2.75, 3.05) is 7.11 Å². The molecule has 1 aliphatic heterocycles. The maximum absolute atomic E-state index is 12.2. The highest BCUT2D eigenvalue weighted by Crippen LogP contribution is 2.40. The Morgan fingerprint density at radius 3 is 2.40 bits per heavy atom. The van der Waals surface area contributed by atoms with Crippen LogP contribution in [-0.4, -0.2) is 24.0 Å². The van der Waals surface area contributed by atoms with E-state index in [0.717, 1.165) is 0 Å². The first-order valence-corrected chi connectivity index (χ1v) is 7.95. The second-order valence-corrected chi connectivity index (χ2v) is 6.11. The molecule has 0 spiro atoms. The normalized spacial score (nSPS) is 18.9. The van der Waals surface area contributed by atoms with Gasteiger partial charge in [-0.3, -0.25) is 4.79 Å². The third-order valence-electron chi connectivity index (χ3n) is 3.78. The molecule has 1 atom stereocenters. The molecule has 0 aromatic heterocycles. The minimum atomic E-state index is -1.10. The van der Waals surface area contributed by atoms with Crippen molar-refractivity contribution in [3.05, 3.63) is 69.2 Å². The Bertz CT molecular complexity index is 887. The number of hydrogen-bond acceptors (Lipinski definition) is 5. The van der Waals surface area contributed by atoms with Crippen molar-refractivity contribution >= 4 is 40.7 Å². The van der Waals surface area contributed by atoms with Gasteiger partial charge in [-0.2, -0.15) is 0 Å². The van der Waals surface area contributed by atoms with E-state index in [1.807, 2.05) is 0 Å². The van der Waals surface area contributed by atoms with Crippen molar-refractivity contribution < 1.29 is 24.2 Å². The Kier molecular flexibility index (Phi) is 4.70. The molecule has 0 amide bonds. The first kappa shape index (κ1) is 17.3. The molecule has 5 nitrogen and oxygen atoms in total. The SMILES string of the molecule is COc1ccc(/C(O)=C2\C(=O)C(=O)OC2c2ccc(Cl)cc2Cl)cc1. The van der Waals surface area contributed by atoms with Crippen LogP contribution in [0.3, 0.4) is 0 Å². The fraction of sp³-hybridized carbons (Fsp3) is 0.111. The topological polar surface area (TPSA) is 72.8 Å². The van der Waals surface area contributed by atoms with Crippen LogP contribution in [0.15, 0.2) is 48.0 Å². The second kappa shape index (κ2) is 6.78. The highest BCUT2D eigenvalue weighted by Gasteiger charge is 2.43. The van der Waals surface area contributed by atoms with E-state index in [0.29, 0.717) is 21.9 Å². The van der Waals surface area contributed by atoms with Crippen LogP contribution in [0.4, 0.5) is 0 Å². The number of halogens is 2. The van der Waals surface area contributed by atoms with E-state index in [1.54, 1.807) is 36.4 Å². The minimum absolute atomic E-state index is 0.167. The molecule has 0 aliphatic carbocycles. The Morgan fingerprint density at radius 1 is 1.12 bits per heavy atom. The van der Waals surface area contributed by atoms with Gasteiger partial charge in [-0.25, -0.2) is 4.79 Å². The highest BCUT2D eigenvalue weighted by molar-refractivity contribution is 6.44. The van der Waals surface area contributed by atoms with Crippen molar-refractivity contribution in [3.63, 3.8) is 0 Å². The lowest BCUT2D eigenvalue weighted by atomic mass is 9.96. The summed E-state index contributed by atoms with van der Waals surface area (Å²) < 4.78 is 10.2. The van der Waals surface area contributed by atoms with E-state index in [1.165, 1.54) is 13.2 Å². The number of aliphatic hydroxyl groups is 1. The molecule has 1 fully saturated rings. The Hall–Kier alpha value is -2.50. The van der Waals surface area contributed by atoms with Crippen LogP contribution < -0.4 is 4.74 Å². The number of ketones is 1. The molecule has 7 heteroatoms. The maximum atomic E-state index is 12.2. The number of esters is 1. The molecular weight excluding hydrogens is 367 g/mol. The largest absolute Gasteiger partial charge is 0.507 e. The fourth-order valence-corrected chi connectivity index (χ4v) is 3.03. The molecule has 2 aromatic carbocycles. The van der Waals surface area contributed by atoms with Gasteiger partial charge in [0.2, 0.25) is 0 Å². The van der Waals surface area contributed by atoms with E-state index >= 15 is 0 Å². The molecule has 2 aromatic rings. The minimum Gasteiger partial charge on any atom is -0.507 e. The van der Waals surface area contributed by atoms with Crippen LogP contribution in [0.2, 0.25) is 10.0 Å². The summed E-state index contributed by atoms with van der Waals surface area (Å²) in [5.41, 5.74) is 0.539. The standard InChI is InChI=1S/C18H12Cl2O5/c1-24-11-5-2-9(3-6-11)15(21)14-16(22)18(23)25-17(14)12-7-4-10(19)8-13(12)20/h2-8,17,21H,1H3/b15-14-. The van der Waals surface area contributed by atoms with Gasteiger partial charge < -0.3 is 14.6 Å². The van der Waals surface area contributed by atoms with E-state index in [2.05, 4.69) is 0 Å². The average molecular weight is 379 g/mol. The summed E-state index contributed by atoms with van der Waals surface area (Å²) in [5.74, 6) is -1.73.